The van der Waals surface area contributed by atoms with Crippen molar-refractivity contribution in [3.8, 4) is 5.75 Å². The van der Waals surface area contributed by atoms with E-state index in [2.05, 4.69) is 17.4 Å². The van der Waals surface area contributed by atoms with Crippen LogP contribution in [0, 0.1) is 5.92 Å². The zero-order valence-corrected chi connectivity index (χ0v) is 16.2. The summed E-state index contributed by atoms with van der Waals surface area (Å²) in [5.74, 6) is 1.14. The molecule has 28 heavy (non-hydrogen) atoms. The van der Waals surface area contributed by atoms with E-state index in [0.717, 1.165) is 49.2 Å². The lowest BCUT2D eigenvalue weighted by atomic mass is 10.0. The van der Waals surface area contributed by atoms with Crippen molar-refractivity contribution in [3.63, 3.8) is 0 Å². The summed E-state index contributed by atoms with van der Waals surface area (Å²) in [5, 5.41) is 2.91. The van der Waals surface area contributed by atoms with Crippen LogP contribution >= 0.6 is 0 Å². The largest absolute Gasteiger partial charge is 0.494 e. The van der Waals surface area contributed by atoms with E-state index in [-0.39, 0.29) is 23.8 Å². The third-order valence-electron chi connectivity index (χ3n) is 5.44. The number of amides is 2. The molecule has 5 nitrogen and oxygen atoms in total. The number of likely N-dealkylation sites (tertiary alicyclic amines) is 1. The van der Waals surface area contributed by atoms with Gasteiger partial charge in [0.2, 0.25) is 5.91 Å². The van der Waals surface area contributed by atoms with Gasteiger partial charge in [0.05, 0.1) is 12.6 Å². The summed E-state index contributed by atoms with van der Waals surface area (Å²) in [6, 6.07) is 15.4. The molecule has 1 heterocycles. The molecule has 0 radical (unpaired) electrons. The van der Waals surface area contributed by atoms with Gasteiger partial charge in [-0.25, -0.2) is 0 Å². The van der Waals surface area contributed by atoms with Crippen LogP contribution in [0.4, 0.5) is 5.69 Å². The SMILES string of the molecule is CCOc1ccc([C@@H]2CCCN2C(=O)c2ccc(NC(=O)C3CC3)cc2)cc1. The van der Waals surface area contributed by atoms with E-state index in [4.69, 9.17) is 4.74 Å². The number of carbonyl (C=O) groups excluding carboxylic acids is 2. The number of nitrogens with zero attached hydrogens (tertiary/aromatic N) is 1. The van der Waals surface area contributed by atoms with Crippen molar-refractivity contribution in [2.75, 3.05) is 18.5 Å². The topological polar surface area (TPSA) is 58.6 Å². The van der Waals surface area contributed by atoms with Gasteiger partial charge in [0.25, 0.3) is 5.91 Å². The Morgan fingerprint density at radius 3 is 2.39 bits per heavy atom. The molecule has 1 saturated carbocycles. The quantitative estimate of drug-likeness (QED) is 0.810. The molecule has 1 aliphatic heterocycles. The predicted octanol–water partition coefficient (Wildman–Crippen LogP) is 4.41. The Kier molecular flexibility index (Phi) is 5.33. The Bertz CT molecular complexity index is 841. The van der Waals surface area contributed by atoms with Gasteiger partial charge in [-0.3, -0.25) is 9.59 Å². The Morgan fingerprint density at radius 1 is 1.04 bits per heavy atom. The molecule has 2 amide bonds. The molecule has 2 aromatic carbocycles. The van der Waals surface area contributed by atoms with E-state index in [1.807, 2.05) is 36.1 Å². The van der Waals surface area contributed by atoms with Gasteiger partial charge in [0, 0.05) is 23.7 Å². The Morgan fingerprint density at radius 2 is 1.75 bits per heavy atom. The first kappa shape index (κ1) is 18.5. The van der Waals surface area contributed by atoms with Crippen molar-refractivity contribution < 1.29 is 14.3 Å². The van der Waals surface area contributed by atoms with E-state index < -0.39 is 0 Å². The molecule has 1 atom stereocenters. The van der Waals surface area contributed by atoms with E-state index in [1.54, 1.807) is 12.1 Å². The molecular weight excluding hydrogens is 352 g/mol. The van der Waals surface area contributed by atoms with Crippen molar-refractivity contribution in [1.82, 2.24) is 4.90 Å². The second-order valence-electron chi connectivity index (χ2n) is 7.50. The first-order valence-electron chi connectivity index (χ1n) is 10.1. The highest BCUT2D eigenvalue weighted by Crippen LogP contribution is 2.34. The van der Waals surface area contributed by atoms with E-state index >= 15 is 0 Å². The maximum absolute atomic E-state index is 13.1. The van der Waals surface area contributed by atoms with E-state index in [0.29, 0.717) is 12.2 Å². The van der Waals surface area contributed by atoms with Gasteiger partial charge in [-0.1, -0.05) is 12.1 Å². The van der Waals surface area contributed by atoms with Gasteiger partial charge in [-0.2, -0.15) is 0 Å². The predicted molar refractivity (Wildman–Crippen MR) is 108 cm³/mol. The second kappa shape index (κ2) is 8.05. The van der Waals surface area contributed by atoms with Gasteiger partial charge < -0.3 is 15.0 Å². The van der Waals surface area contributed by atoms with E-state index in [9.17, 15) is 9.59 Å². The van der Waals surface area contributed by atoms with Crippen LogP contribution in [0.3, 0.4) is 0 Å². The summed E-state index contributed by atoms with van der Waals surface area (Å²) in [5.41, 5.74) is 2.54. The second-order valence-corrected chi connectivity index (χ2v) is 7.50. The van der Waals surface area contributed by atoms with Crippen LogP contribution in [-0.4, -0.2) is 29.9 Å². The highest BCUT2D eigenvalue weighted by atomic mass is 16.5. The molecule has 0 spiro atoms. The highest BCUT2D eigenvalue weighted by Gasteiger charge is 2.31. The Balaban J connectivity index is 1.44. The van der Waals surface area contributed by atoms with E-state index in [1.165, 1.54) is 0 Å². The molecule has 4 rings (SSSR count). The standard InChI is InChI=1S/C23H26N2O3/c1-2-28-20-13-9-16(10-14-20)21-4-3-15-25(21)23(27)18-7-11-19(12-8-18)24-22(26)17-5-6-17/h7-14,17,21H,2-6,15H2,1H3,(H,24,26)/t21-/m0/s1. The molecule has 146 valence electrons. The number of nitrogens with one attached hydrogen (secondary N) is 1. The first-order valence-corrected chi connectivity index (χ1v) is 10.1. The monoisotopic (exact) mass is 378 g/mol. The van der Waals surface area contributed by atoms with Crippen molar-refractivity contribution in [2.45, 2.75) is 38.6 Å². The molecule has 1 saturated heterocycles. The van der Waals surface area contributed by atoms with Crippen LogP contribution in [0.5, 0.6) is 5.75 Å². The fraction of sp³-hybridized carbons (Fsp3) is 0.391. The summed E-state index contributed by atoms with van der Waals surface area (Å²) in [4.78, 5) is 26.9. The third kappa shape index (κ3) is 4.03. The number of hydrogen-bond donors (Lipinski definition) is 1. The number of rotatable bonds is 6. The number of hydrogen-bond acceptors (Lipinski definition) is 3. The maximum atomic E-state index is 13.1. The number of benzene rings is 2. The van der Waals surface area contributed by atoms with Crippen molar-refractivity contribution >= 4 is 17.5 Å². The van der Waals surface area contributed by atoms with Crippen LogP contribution in [0.1, 0.15) is 54.6 Å². The van der Waals surface area contributed by atoms with Gasteiger partial charge in [0.1, 0.15) is 5.75 Å². The summed E-state index contributed by atoms with van der Waals surface area (Å²) in [7, 11) is 0. The Labute approximate surface area is 165 Å². The fourth-order valence-electron chi connectivity index (χ4n) is 3.76. The minimum atomic E-state index is 0.0384. The zero-order chi connectivity index (χ0) is 19.5. The summed E-state index contributed by atoms with van der Waals surface area (Å²) >= 11 is 0. The summed E-state index contributed by atoms with van der Waals surface area (Å²) < 4.78 is 5.51. The first-order chi connectivity index (χ1) is 13.7. The van der Waals surface area contributed by atoms with Crippen molar-refractivity contribution in [1.29, 1.82) is 0 Å². The molecule has 2 aliphatic rings. The maximum Gasteiger partial charge on any atom is 0.254 e. The number of ether oxygens (including phenoxy) is 1. The van der Waals surface area contributed by atoms with Crippen LogP contribution in [-0.2, 0) is 4.79 Å². The molecule has 0 unspecified atom stereocenters. The molecule has 0 aromatic heterocycles. The average Bonchev–Trinajstić information content (AvgIpc) is 3.46. The highest BCUT2D eigenvalue weighted by molar-refractivity contribution is 5.97. The minimum Gasteiger partial charge on any atom is -0.494 e. The molecule has 1 N–H and O–H groups in total. The lowest BCUT2D eigenvalue weighted by Gasteiger charge is -2.25. The summed E-state index contributed by atoms with van der Waals surface area (Å²) in [6.07, 6.45) is 3.92. The minimum absolute atomic E-state index is 0.0384. The van der Waals surface area contributed by atoms with Crippen molar-refractivity contribution in [2.24, 2.45) is 5.92 Å². The number of carbonyl (C=O) groups is 2. The fourth-order valence-corrected chi connectivity index (χ4v) is 3.76. The zero-order valence-electron chi connectivity index (χ0n) is 16.2. The molecule has 5 heteroatoms. The van der Waals surface area contributed by atoms with Gasteiger partial charge in [0.15, 0.2) is 0 Å². The molecule has 2 aromatic rings. The van der Waals surface area contributed by atoms with Crippen LogP contribution in [0.25, 0.3) is 0 Å². The van der Waals surface area contributed by atoms with Crippen LogP contribution < -0.4 is 10.1 Å². The average molecular weight is 378 g/mol. The lowest BCUT2D eigenvalue weighted by molar-refractivity contribution is -0.117. The molecule has 2 fully saturated rings. The van der Waals surface area contributed by atoms with Crippen molar-refractivity contribution in [3.05, 3.63) is 59.7 Å². The molecule has 1 aliphatic carbocycles. The van der Waals surface area contributed by atoms with Gasteiger partial charge in [-0.15, -0.1) is 0 Å². The lowest BCUT2D eigenvalue weighted by Crippen LogP contribution is -2.30. The third-order valence-corrected chi connectivity index (χ3v) is 5.44. The summed E-state index contributed by atoms with van der Waals surface area (Å²) in [6.45, 7) is 3.37. The Hall–Kier alpha value is -2.82. The van der Waals surface area contributed by atoms with Crippen LogP contribution in [0.15, 0.2) is 48.5 Å². The molecular formula is C23H26N2O3. The number of anilines is 1. The van der Waals surface area contributed by atoms with Crippen LogP contribution in [0.2, 0.25) is 0 Å². The molecule has 0 bridgehead atoms. The smallest absolute Gasteiger partial charge is 0.254 e. The van der Waals surface area contributed by atoms with Gasteiger partial charge >= 0.3 is 0 Å². The normalized spacial score (nSPS) is 18.8. The van der Waals surface area contributed by atoms with Gasteiger partial charge in [-0.05, 0) is 74.6 Å².